The second kappa shape index (κ2) is 8.79. The number of methoxy groups -OCH3 is 1. The van der Waals surface area contributed by atoms with Gasteiger partial charge in [0.25, 0.3) is 0 Å². The van der Waals surface area contributed by atoms with E-state index in [1.807, 2.05) is 13.0 Å². The minimum absolute atomic E-state index is 0.339. The number of thiocarbonyl (C=S) groups is 1. The van der Waals surface area contributed by atoms with Gasteiger partial charge in [-0.15, -0.1) is 0 Å². The number of aromatic nitrogens is 1. The first-order chi connectivity index (χ1) is 9.13. The molecule has 0 fully saturated rings. The molecule has 106 valence electrons. The van der Waals surface area contributed by atoms with E-state index in [2.05, 4.69) is 4.98 Å². The zero-order chi connectivity index (χ0) is 14.1. The molecule has 0 atom stereocenters. The first kappa shape index (κ1) is 15.8. The summed E-state index contributed by atoms with van der Waals surface area (Å²) >= 11 is 4.93. The Morgan fingerprint density at radius 1 is 1.26 bits per heavy atom. The molecule has 0 saturated heterocycles. The van der Waals surface area contributed by atoms with Crippen LogP contribution in [0, 0.1) is 6.92 Å². The van der Waals surface area contributed by atoms with Crippen LogP contribution in [-0.4, -0.2) is 43.5 Å². The molecule has 1 aromatic rings. The summed E-state index contributed by atoms with van der Waals surface area (Å²) < 4.78 is 15.8. The molecular weight excluding hydrogens is 264 g/mol. The highest BCUT2D eigenvalue weighted by atomic mass is 32.1. The van der Waals surface area contributed by atoms with E-state index < -0.39 is 0 Å². The van der Waals surface area contributed by atoms with Crippen LogP contribution in [-0.2, 0) is 9.47 Å². The predicted molar refractivity (Wildman–Crippen MR) is 77.7 cm³/mol. The summed E-state index contributed by atoms with van der Waals surface area (Å²) in [5.74, 6) is 0.517. The molecule has 0 spiro atoms. The molecule has 0 aliphatic rings. The number of aryl methyl sites for hydroxylation is 1. The van der Waals surface area contributed by atoms with Crippen LogP contribution in [0.4, 0.5) is 0 Å². The monoisotopic (exact) mass is 284 g/mol. The van der Waals surface area contributed by atoms with Gasteiger partial charge in [-0.2, -0.15) is 0 Å². The third-order valence-electron chi connectivity index (χ3n) is 2.33. The Morgan fingerprint density at radius 3 is 2.74 bits per heavy atom. The van der Waals surface area contributed by atoms with Crippen molar-refractivity contribution >= 4 is 17.2 Å². The zero-order valence-corrected chi connectivity index (χ0v) is 12.2. The molecule has 0 saturated carbocycles. The van der Waals surface area contributed by atoms with Crippen molar-refractivity contribution in [3.8, 4) is 5.88 Å². The number of ether oxygens (including phenoxy) is 3. The highest BCUT2D eigenvalue weighted by Gasteiger charge is 2.03. The molecule has 0 radical (unpaired) electrons. The Morgan fingerprint density at radius 2 is 2.05 bits per heavy atom. The first-order valence-corrected chi connectivity index (χ1v) is 6.52. The van der Waals surface area contributed by atoms with Gasteiger partial charge in [0, 0.05) is 37.6 Å². The fourth-order valence-electron chi connectivity index (χ4n) is 1.47. The zero-order valence-electron chi connectivity index (χ0n) is 11.3. The molecule has 1 heterocycles. The highest BCUT2D eigenvalue weighted by Crippen LogP contribution is 2.12. The van der Waals surface area contributed by atoms with Crippen LogP contribution >= 0.6 is 12.2 Å². The Labute approximate surface area is 119 Å². The quantitative estimate of drug-likeness (QED) is 0.547. The van der Waals surface area contributed by atoms with Gasteiger partial charge in [0.05, 0.1) is 6.61 Å². The van der Waals surface area contributed by atoms with E-state index in [1.54, 1.807) is 13.2 Å². The van der Waals surface area contributed by atoms with Gasteiger partial charge in [0.1, 0.15) is 11.6 Å². The maximum Gasteiger partial charge on any atom is 0.214 e. The molecule has 0 aliphatic carbocycles. The van der Waals surface area contributed by atoms with Crippen LogP contribution < -0.4 is 10.5 Å². The minimum atomic E-state index is 0.339. The fraction of sp³-hybridized carbons (Fsp3) is 0.538. The molecule has 0 amide bonds. The fourth-order valence-corrected chi connectivity index (χ4v) is 1.58. The van der Waals surface area contributed by atoms with Gasteiger partial charge in [-0.1, -0.05) is 12.2 Å². The summed E-state index contributed by atoms with van der Waals surface area (Å²) in [6, 6.07) is 3.57. The van der Waals surface area contributed by atoms with Crippen LogP contribution in [0.5, 0.6) is 5.88 Å². The van der Waals surface area contributed by atoms with Crippen molar-refractivity contribution in [3.63, 3.8) is 0 Å². The summed E-state index contributed by atoms with van der Waals surface area (Å²) in [5.41, 5.74) is 7.17. The van der Waals surface area contributed by atoms with Gasteiger partial charge in [0.15, 0.2) is 0 Å². The maximum atomic E-state index is 5.59. The van der Waals surface area contributed by atoms with E-state index in [1.165, 1.54) is 0 Å². The van der Waals surface area contributed by atoms with Crippen molar-refractivity contribution in [3.05, 3.63) is 23.4 Å². The van der Waals surface area contributed by atoms with Crippen LogP contribution in [0.15, 0.2) is 12.1 Å². The molecule has 5 nitrogen and oxygen atoms in total. The Kier molecular flexibility index (Phi) is 7.32. The van der Waals surface area contributed by atoms with E-state index in [9.17, 15) is 0 Å². The topological polar surface area (TPSA) is 66.6 Å². The van der Waals surface area contributed by atoms with Gasteiger partial charge in [0.2, 0.25) is 5.88 Å². The number of nitrogens with zero attached hydrogens (tertiary/aromatic N) is 1. The highest BCUT2D eigenvalue weighted by molar-refractivity contribution is 7.80. The Hall–Kier alpha value is -1.24. The van der Waals surface area contributed by atoms with Crippen molar-refractivity contribution in [1.82, 2.24) is 4.98 Å². The minimum Gasteiger partial charge on any atom is -0.475 e. The Bertz CT molecular complexity index is 413. The molecule has 0 bridgehead atoms. The summed E-state index contributed by atoms with van der Waals surface area (Å²) in [6.45, 7) is 4.20. The molecule has 6 heteroatoms. The van der Waals surface area contributed by atoms with E-state index in [4.69, 9.17) is 32.2 Å². The molecule has 19 heavy (non-hydrogen) atoms. The summed E-state index contributed by atoms with van der Waals surface area (Å²) in [6.07, 6.45) is 0.880. The SMILES string of the molecule is COCCCOCCOc1cc(C(N)=S)cc(C)n1. The molecule has 0 unspecified atom stereocenters. The lowest BCUT2D eigenvalue weighted by atomic mass is 10.2. The van der Waals surface area contributed by atoms with E-state index in [0.29, 0.717) is 37.3 Å². The smallest absolute Gasteiger partial charge is 0.214 e. The predicted octanol–water partition coefficient (Wildman–Crippen LogP) is 1.46. The number of nitrogens with two attached hydrogens (primary N) is 1. The van der Waals surface area contributed by atoms with Crippen molar-refractivity contribution in [1.29, 1.82) is 0 Å². The molecule has 0 aliphatic heterocycles. The summed E-state index contributed by atoms with van der Waals surface area (Å²) in [5, 5.41) is 0. The van der Waals surface area contributed by atoms with E-state index in [-0.39, 0.29) is 0 Å². The molecule has 1 aromatic heterocycles. The number of rotatable bonds is 9. The van der Waals surface area contributed by atoms with Gasteiger partial charge in [-0.05, 0) is 19.4 Å². The van der Waals surface area contributed by atoms with Crippen LogP contribution in [0.1, 0.15) is 17.7 Å². The van der Waals surface area contributed by atoms with Crippen LogP contribution in [0.25, 0.3) is 0 Å². The lowest BCUT2D eigenvalue weighted by Gasteiger charge is -2.08. The maximum absolute atomic E-state index is 5.59. The van der Waals surface area contributed by atoms with Crippen molar-refractivity contribution in [2.24, 2.45) is 5.73 Å². The molecule has 0 aromatic carbocycles. The third kappa shape index (κ3) is 6.47. The molecule has 2 N–H and O–H groups in total. The van der Waals surface area contributed by atoms with Gasteiger partial charge < -0.3 is 19.9 Å². The number of hydrogen-bond donors (Lipinski definition) is 1. The van der Waals surface area contributed by atoms with E-state index >= 15 is 0 Å². The summed E-state index contributed by atoms with van der Waals surface area (Å²) in [4.78, 5) is 4.59. The average molecular weight is 284 g/mol. The van der Waals surface area contributed by atoms with Gasteiger partial charge >= 0.3 is 0 Å². The molecular formula is C13H20N2O3S. The summed E-state index contributed by atoms with van der Waals surface area (Å²) in [7, 11) is 1.67. The van der Waals surface area contributed by atoms with Crippen molar-refractivity contribution < 1.29 is 14.2 Å². The van der Waals surface area contributed by atoms with Crippen LogP contribution in [0.2, 0.25) is 0 Å². The molecule has 1 rings (SSSR count). The van der Waals surface area contributed by atoms with E-state index in [0.717, 1.165) is 17.7 Å². The standard InChI is InChI=1S/C13H20N2O3S/c1-10-8-11(13(14)19)9-12(15-10)18-7-6-17-5-3-4-16-2/h8-9H,3-7H2,1-2H3,(H2,14,19). The third-order valence-corrected chi connectivity index (χ3v) is 2.56. The lowest BCUT2D eigenvalue weighted by Crippen LogP contribution is -2.12. The number of hydrogen-bond acceptors (Lipinski definition) is 5. The van der Waals surface area contributed by atoms with Gasteiger partial charge in [-0.25, -0.2) is 4.98 Å². The van der Waals surface area contributed by atoms with Crippen molar-refractivity contribution in [2.75, 3.05) is 33.5 Å². The first-order valence-electron chi connectivity index (χ1n) is 6.11. The van der Waals surface area contributed by atoms with Crippen LogP contribution in [0.3, 0.4) is 0 Å². The average Bonchev–Trinajstić information content (AvgIpc) is 2.37. The second-order valence-corrected chi connectivity index (χ2v) is 4.45. The Balaban J connectivity index is 2.31. The van der Waals surface area contributed by atoms with Gasteiger partial charge in [-0.3, -0.25) is 0 Å². The lowest BCUT2D eigenvalue weighted by molar-refractivity contribution is 0.0795. The van der Waals surface area contributed by atoms with Crippen molar-refractivity contribution in [2.45, 2.75) is 13.3 Å². The normalized spacial score (nSPS) is 10.4. The largest absolute Gasteiger partial charge is 0.475 e. The number of pyridine rings is 1. The second-order valence-electron chi connectivity index (χ2n) is 4.01.